The van der Waals surface area contributed by atoms with Crippen LogP contribution in [0.2, 0.25) is 0 Å². The zero-order valence-electron chi connectivity index (χ0n) is 11.5. The number of primary amides is 1. The minimum absolute atomic E-state index is 0.379. The van der Waals surface area contributed by atoms with E-state index in [1.807, 2.05) is 4.68 Å². The van der Waals surface area contributed by atoms with Gasteiger partial charge in [0.2, 0.25) is 0 Å². The number of carbonyl (C=O) groups is 1. The smallest absolute Gasteiger partial charge is 0.252 e. The first kappa shape index (κ1) is 14.7. The maximum Gasteiger partial charge on any atom is 0.252 e. The van der Waals surface area contributed by atoms with E-state index in [0.29, 0.717) is 11.5 Å². The Bertz CT molecular complexity index is 651. The SMILES string of the molecule is NC(=O)c1cnn2c1CC[C@H](CNCc1sccc1Br)C2. The van der Waals surface area contributed by atoms with E-state index in [4.69, 9.17) is 5.73 Å². The summed E-state index contributed by atoms with van der Waals surface area (Å²) in [5, 5.41) is 9.88. The molecule has 0 fully saturated rings. The molecule has 2 aromatic heterocycles. The second-order valence-corrected chi connectivity index (χ2v) is 7.13. The van der Waals surface area contributed by atoms with Crippen LogP contribution in [0.3, 0.4) is 0 Å². The standard InChI is InChI=1S/C14H17BrN4OS/c15-11-3-4-21-13(11)7-17-5-9-1-2-12-10(14(16)20)6-18-19(12)8-9/h3-4,6,9,17H,1-2,5,7-8H2,(H2,16,20)/t9-/m1/s1. The summed E-state index contributed by atoms with van der Waals surface area (Å²) in [6, 6.07) is 2.07. The molecule has 0 bridgehead atoms. The normalized spacial score (nSPS) is 17.7. The van der Waals surface area contributed by atoms with Crippen molar-refractivity contribution in [3.05, 3.63) is 38.3 Å². The monoisotopic (exact) mass is 368 g/mol. The summed E-state index contributed by atoms with van der Waals surface area (Å²) in [6.45, 7) is 2.68. The van der Waals surface area contributed by atoms with Crippen LogP contribution in [0.25, 0.3) is 0 Å². The van der Waals surface area contributed by atoms with Crippen LogP contribution in [0.4, 0.5) is 0 Å². The van der Waals surface area contributed by atoms with E-state index in [1.54, 1.807) is 17.5 Å². The number of nitrogens with one attached hydrogen (secondary N) is 1. The first-order valence-electron chi connectivity index (χ1n) is 6.92. The summed E-state index contributed by atoms with van der Waals surface area (Å²) in [7, 11) is 0. The van der Waals surface area contributed by atoms with E-state index in [2.05, 4.69) is 37.8 Å². The van der Waals surface area contributed by atoms with Gasteiger partial charge in [-0.3, -0.25) is 9.48 Å². The third-order valence-electron chi connectivity index (χ3n) is 3.84. The highest BCUT2D eigenvalue weighted by Crippen LogP contribution is 2.24. The predicted molar refractivity (Wildman–Crippen MR) is 86.3 cm³/mol. The van der Waals surface area contributed by atoms with E-state index >= 15 is 0 Å². The molecule has 0 saturated carbocycles. The van der Waals surface area contributed by atoms with E-state index in [9.17, 15) is 4.79 Å². The number of nitrogens with zero attached hydrogens (tertiary/aromatic N) is 2. The Morgan fingerprint density at radius 3 is 3.19 bits per heavy atom. The average molecular weight is 369 g/mol. The molecule has 5 nitrogen and oxygen atoms in total. The minimum Gasteiger partial charge on any atom is -0.365 e. The summed E-state index contributed by atoms with van der Waals surface area (Å²) in [4.78, 5) is 12.6. The molecule has 1 aliphatic rings. The van der Waals surface area contributed by atoms with Gasteiger partial charge >= 0.3 is 0 Å². The van der Waals surface area contributed by atoms with Gasteiger partial charge in [-0.2, -0.15) is 5.10 Å². The lowest BCUT2D eigenvalue weighted by atomic mass is 9.96. The Morgan fingerprint density at radius 1 is 1.62 bits per heavy atom. The van der Waals surface area contributed by atoms with E-state index in [1.165, 1.54) is 9.35 Å². The van der Waals surface area contributed by atoms with Crippen LogP contribution in [0.1, 0.15) is 27.3 Å². The minimum atomic E-state index is -0.379. The molecule has 7 heteroatoms. The Hall–Kier alpha value is -1.18. The summed E-state index contributed by atoms with van der Waals surface area (Å²) < 4.78 is 3.10. The number of aromatic nitrogens is 2. The fourth-order valence-electron chi connectivity index (χ4n) is 2.72. The van der Waals surface area contributed by atoms with Gasteiger partial charge in [0.25, 0.3) is 5.91 Å². The summed E-state index contributed by atoms with van der Waals surface area (Å²) >= 11 is 5.30. The fourth-order valence-corrected chi connectivity index (χ4v) is 4.18. The van der Waals surface area contributed by atoms with Crippen molar-refractivity contribution in [2.24, 2.45) is 11.7 Å². The van der Waals surface area contributed by atoms with Gasteiger partial charge in [0.1, 0.15) is 0 Å². The highest BCUT2D eigenvalue weighted by molar-refractivity contribution is 9.10. The van der Waals surface area contributed by atoms with Crippen LogP contribution in [0, 0.1) is 5.92 Å². The molecule has 0 spiro atoms. The number of fused-ring (bicyclic) bond motifs is 1. The topological polar surface area (TPSA) is 72.9 Å². The number of carbonyl (C=O) groups excluding carboxylic acids is 1. The summed E-state index contributed by atoms with van der Waals surface area (Å²) in [6.07, 6.45) is 3.52. The van der Waals surface area contributed by atoms with Crippen LogP contribution in [0.5, 0.6) is 0 Å². The molecule has 112 valence electrons. The van der Waals surface area contributed by atoms with Crippen molar-refractivity contribution in [1.29, 1.82) is 0 Å². The molecule has 21 heavy (non-hydrogen) atoms. The number of hydrogen-bond acceptors (Lipinski definition) is 4. The van der Waals surface area contributed by atoms with Gasteiger partial charge in [0.15, 0.2) is 0 Å². The van der Waals surface area contributed by atoms with Crippen molar-refractivity contribution < 1.29 is 4.79 Å². The highest BCUT2D eigenvalue weighted by atomic mass is 79.9. The highest BCUT2D eigenvalue weighted by Gasteiger charge is 2.23. The molecule has 1 atom stereocenters. The number of rotatable bonds is 5. The predicted octanol–water partition coefficient (Wildman–Crippen LogP) is 2.16. The number of halogens is 1. The number of amides is 1. The van der Waals surface area contributed by atoms with Gasteiger partial charge in [-0.15, -0.1) is 11.3 Å². The van der Waals surface area contributed by atoms with Crippen LogP contribution >= 0.6 is 27.3 Å². The first-order valence-corrected chi connectivity index (χ1v) is 8.59. The second kappa shape index (κ2) is 6.29. The zero-order valence-corrected chi connectivity index (χ0v) is 13.9. The Balaban J connectivity index is 1.55. The van der Waals surface area contributed by atoms with Crippen molar-refractivity contribution in [1.82, 2.24) is 15.1 Å². The van der Waals surface area contributed by atoms with Crippen LogP contribution < -0.4 is 11.1 Å². The third-order valence-corrected chi connectivity index (χ3v) is 5.77. The van der Waals surface area contributed by atoms with Crippen LogP contribution in [-0.4, -0.2) is 22.2 Å². The molecule has 3 rings (SSSR count). The maximum atomic E-state index is 11.3. The molecule has 1 aliphatic heterocycles. The van der Waals surface area contributed by atoms with Gasteiger partial charge in [-0.1, -0.05) is 0 Å². The fraction of sp³-hybridized carbons (Fsp3) is 0.429. The molecule has 3 N–H and O–H groups in total. The van der Waals surface area contributed by atoms with Crippen molar-refractivity contribution in [2.45, 2.75) is 25.9 Å². The number of nitrogens with two attached hydrogens (primary N) is 1. The number of thiophene rings is 1. The van der Waals surface area contributed by atoms with Gasteiger partial charge in [0.05, 0.1) is 17.5 Å². The molecule has 0 aromatic carbocycles. The van der Waals surface area contributed by atoms with Gasteiger partial charge in [-0.25, -0.2) is 0 Å². The first-order chi connectivity index (χ1) is 10.1. The molecular formula is C14H17BrN4OS. The van der Waals surface area contributed by atoms with Crippen molar-refractivity contribution in [2.75, 3.05) is 6.54 Å². The molecule has 1 amide bonds. The molecular weight excluding hydrogens is 352 g/mol. The second-order valence-electron chi connectivity index (χ2n) is 5.28. The average Bonchev–Trinajstić information content (AvgIpc) is 3.05. The van der Waals surface area contributed by atoms with Crippen molar-refractivity contribution in [3.63, 3.8) is 0 Å². The Kier molecular flexibility index (Phi) is 4.42. The summed E-state index contributed by atoms with van der Waals surface area (Å²) in [5.74, 6) is 0.159. The molecule has 0 unspecified atom stereocenters. The number of hydrogen-bond donors (Lipinski definition) is 2. The molecule has 0 saturated heterocycles. The van der Waals surface area contributed by atoms with E-state index in [-0.39, 0.29) is 5.91 Å². The maximum absolute atomic E-state index is 11.3. The largest absolute Gasteiger partial charge is 0.365 e. The molecule has 0 radical (unpaired) electrons. The van der Waals surface area contributed by atoms with Gasteiger partial charge in [-0.05, 0) is 46.1 Å². The van der Waals surface area contributed by atoms with Crippen LogP contribution in [-0.2, 0) is 19.5 Å². The quantitative estimate of drug-likeness (QED) is 0.848. The Morgan fingerprint density at radius 2 is 2.48 bits per heavy atom. The van der Waals surface area contributed by atoms with E-state index in [0.717, 1.165) is 38.2 Å². The molecule has 3 heterocycles. The van der Waals surface area contributed by atoms with Gasteiger partial charge in [0, 0.05) is 29.0 Å². The molecule has 0 aliphatic carbocycles. The van der Waals surface area contributed by atoms with Crippen molar-refractivity contribution in [3.8, 4) is 0 Å². The third kappa shape index (κ3) is 3.20. The lowest BCUT2D eigenvalue weighted by Crippen LogP contribution is -2.30. The Labute approximate surface area is 135 Å². The lowest BCUT2D eigenvalue weighted by molar-refractivity contribution is 0.0998. The van der Waals surface area contributed by atoms with Crippen LogP contribution in [0.15, 0.2) is 22.1 Å². The van der Waals surface area contributed by atoms with E-state index < -0.39 is 0 Å². The lowest BCUT2D eigenvalue weighted by Gasteiger charge is -2.24. The summed E-state index contributed by atoms with van der Waals surface area (Å²) in [5.41, 5.74) is 6.92. The van der Waals surface area contributed by atoms with Crippen molar-refractivity contribution >= 4 is 33.2 Å². The van der Waals surface area contributed by atoms with Gasteiger partial charge < -0.3 is 11.1 Å². The molecule has 2 aromatic rings. The zero-order chi connectivity index (χ0) is 14.8.